The van der Waals surface area contributed by atoms with Gasteiger partial charge in [0, 0.05) is 11.9 Å². The summed E-state index contributed by atoms with van der Waals surface area (Å²) in [7, 11) is 0. The van der Waals surface area contributed by atoms with E-state index in [2.05, 4.69) is 68.0 Å². The Morgan fingerprint density at radius 2 is 2.05 bits per heavy atom. The average molecular weight is 277 g/mol. The largest absolute Gasteiger partial charge is 0.361 e. The van der Waals surface area contributed by atoms with Crippen LogP contribution in [0.3, 0.4) is 0 Å². The highest BCUT2D eigenvalue weighted by molar-refractivity contribution is 5.77. The lowest BCUT2D eigenvalue weighted by atomic mass is 10.0. The van der Waals surface area contributed by atoms with Crippen LogP contribution >= 0.6 is 0 Å². The van der Waals surface area contributed by atoms with E-state index in [1.165, 1.54) is 16.7 Å². The van der Waals surface area contributed by atoms with Crippen LogP contribution in [-0.4, -0.2) is 4.98 Å². The lowest BCUT2D eigenvalue weighted by Gasteiger charge is -2.05. The van der Waals surface area contributed by atoms with Crippen LogP contribution in [-0.2, 0) is 0 Å². The molecule has 0 radical (unpaired) electrons. The maximum absolute atomic E-state index is 3.91. The zero-order chi connectivity index (χ0) is 15.2. The highest BCUT2D eigenvalue weighted by Gasteiger charge is 2.06. The van der Waals surface area contributed by atoms with E-state index in [-0.39, 0.29) is 0 Å². The van der Waals surface area contributed by atoms with Crippen LogP contribution < -0.4 is 0 Å². The molecule has 0 saturated heterocycles. The van der Waals surface area contributed by atoms with Gasteiger partial charge in [0.05, 0.1) is 0 Å². The number of aromatic amines is 1. The molecule has 0 bridgehead atoms. The van der Waals surface area contributed by atoms with Crippen LogP contribution in [0.15, 0.2) is 67.4 Å². The number of H-pyrrole nitrogens is 1. The van der Waals surface area contributed by atoms with Crippen LogP contribution in [0.2, 0.25) is 0 Å². The minimum Gasteiger partial charge on any atom is -0.361 e. The molecule has 0 aliphatic rings. The summed E-state index contributed by atoms with van der Waals surface area (Å²) in [6, 6.07) is 10.8. The predicted octanol–water partition coefficient (Wildman–Crippen LogP) is 5.95. The zero-order valence-electron chi connectivity index (χ0n) is 13.1. The summed E-state index contributed by atoms with van der Waals surface area (Å²) in [6.07, 6.45) is 10.1. The Labute approximate surface area is 127 Å². The van der Waals surface area contributed by atoms with Crippen molar-refractivity contribution in [1.82, 2.24) is 4.98 Å². The smallest absolute Gasteiger partial charge is 0.0457 e. The standard InChI is InChI=1S/C20H23N/c1-5-7-9-16(6-2)17-10-8-11-18(12-17)20-13-19(14-21-20)15(3)4/h5-15,21H,2H2,1,3-4H3/b7-5-,16-9+. The summed E-state index contributed by atoms with van der Waals surface area (Å²) in [5, 5.41) is 0. The summed E-state index contributed by atoms with van der Waals surface area (Å²) in [6.45, 7) is 10.3. The molecule has 0 saturated carbocycles. The van der Waals surface area contributed by atoms with E-state index in [4.69, 9.17) is 0 Å². The van der Waals surface area contributed by atoms with Gasteiger partial charge < -0.3 is 4.98 Å². The fourth-order valence-corrected chi connectivity index (χ4v) is 2.26. The number of aromatic nitrogens is 1. The molecule has 1 aromatic heterocycles. The summed E-state index contributed by atoms with van der Waals surface area (Å²) in [4.78, 5) is 3.37. The van der Waals surface area contributed by atoms with Crippen LogP contribution in [0, 0.1) is 0 Å². The molecule has 0 atom stereocenters. The topological polar surface area (TPSA) is 15.8 Å². The maximum Gasteiger partial charge on any atom is 0.0457 e. The lowest BCUT2D eigenvalue weighted by molar-refractivity contribution is 0.869. The molecule has 0 unspecified atom stereocenters. The molecule has 0 amide bonds. The lowest BCUT2D eigenvalue weighted by Crippen LogP contribution is -1.84. The summed E-state index contributed by atoms with van der Waals surface area (Å²) in [5.74, 6) is 0.538. The van der Waals surface area contributed by atoms with Crippen molar-refractivity contribution in [3.8, 4) is 11.3 Å². The Morgan fingerprint density at radius 3 is 2.67 bits per heavy atom. The van der Waals surface area contributed by atoms with Crippen molar-refractivity contribution in [1.29, 1.82) is 0 Å². The summed E-state index contributed by atoms with van der Waals surface area (Å²) in [5.41, 5.74) is 6.01. The number of allylic oxidation sites excluding steroid dienone is 5. The first-order chi connectivity index (χ1) is 10.2. The minimum absolute atomic E-state index is 0.538. The van der Waals surface area contributed by atoms with Gasteiger partial charge in [-0.15, -0.1) is 0 Å². The molecular formula is C20H23N. The van der Waals surface area contributed by atoms with Gasteiger partial charge in [-0.05, 0) is 47.2 Å². The van der Waals surface area contributed by atoms with Crippen molar-refractivity contribution in [2.45, 2.75) is 26.7 Å². The molecule has 1 nitrogen and oxygen atoms in total. The van der Waals surface area contributed by atoms with E-state index in [1.54, 1.807) is 0 Å². The van der Waals surface area contributed by atoms with Crippen LogP contribution in [0.1, 0.15) is 37.8 Å². The van der Waals surface area contributed by atoms with E-state index < -0.39 is 0 Å². The monoisotopic (exact) mass is 277 g/mol. The van der Waals surface area contributed by atoms with E-state index >= 15 is 0 Å². The number of nitrogens with one attached hydrogen (secondary N) is 1. The molecule has 0 aliphatic carbocycles. The van der Waals surface area contributed by atoms with Crippen LogP contribution in [0.4, 0.5) is 0 Å². The zero-order valence-corrected chi connectivity index (χ0v) is 13.1. The first-order valence-corrected chi connectivity index (χ1v) is 7.40. The summed E-state index contributed by atoms with van der Waals surface area (Å²) >= 11 is 0. The number of benzene rings is 1. The van der Waals surface area contributed by atoms with Crippen molar-refractivity contribution in [2.24, 2.45) is 0 Å². The molecule has 1 heteroatoms. The molecule has 0 aliphatic heterocycles. The van der Waals surface area contributed by atoms with Gasteiger partial charge in [0.1, 0.15) is 0 Å². The molecule has 21 heavy (non-hydrogen) atoms. The second-order valence-corrected chi connectivity index (χ2v) is 5.43. The van der Waals surface area contributed by atoms with Crippen molar-refractivity contribution >= 4 is 5.57 Å². The number of hydrogen-bond acceptors (Lipinski definition) is 0. The number of hydrogen-bond donors (Lipinski definition) is 1. The SMILES string of the molecule is C=C/C(=C\C=C/C)c1cccc(-c2cc(C(C)C)c[nH]2)c1. The third kappa shape index (κ3) is 3.63. The third-order valence-electron chi connectivity index (χ3n) is 3.57. The fraction of sp³-hybridized carbons (Fsp3) is 0.200. The van der Waals surface area contributed by atoms with Gasteiger partial charge in [0.2, 0.25) is 0 Å². The van der Waals surface area contributed by atoms with E-state index in [1.807, 2.05) is 25.2 Å². The fourth-order valence-electron chi connectivity index (χ4n) is 2.26. The molecule has 1 heterocycles. The molecule has 1 N–H and O–H groups in total. The second-order valence-electron chi connectivity index (χ2n) is 5.43. The van der Waals surface area contributed by atoms with Gasteiger partial charge >= 0.3 is 0 Å². The molecule has 2 aromatic rings. The molecule has 0 fully saturated rings. The average Bonchev–Trinajstić information content (AvgIpc) is 2.98. The first kappa shape index (κ1) is 15.1. The highest BCUT2D eigenvalue weighted by atomic mass is 14.7. The number of rotatable bonds is 5. The van der Waals surface area contributed by atoms with E-state index in [0.29, 0.717) is 5.92 Å². The first-order valence-electron chi connectivity index (χ1n) is 7.40. The van der Waals surface area contributed by atoms with E-state index in [0.717, 1.165) is 11.3 Å². The predicted molar refractivity (Wildman–Crippen MR) is 93.3 cm³/mol. The van der Waals surface area contributed by atoms with Gasteiger partial charge in [-0.1, -0.05) is 62.9 Å². The molecule has 108 valence electrons. The quantitative estimate of drug-likeness (QED) is 0.650. The Bertz CT molecular complexity index is 669. The van der Waals surface area contributed by atoms with Gasteiger partial charge in [0.15, 0.2) is 0 Å². The molecule has 1 aromatic carbocycles. The van der Waals surface area contributed by atoms with Crippen molar-refractivity contribution in [3.05, 3.63) is 78.5 Å². The van der Waals surface area contributed by atoms with Crippen molar-refractivity contribution in [2.75, 3.05) is 0 Å². The third-order valence-corrected chi connectivity index (χ3v) is 3.57. The normalized spacial score (nSPS) is 12.3. The van der Waals surface area contributed by atoms with Gasteiger partial charge in [0.25, 0.3) is 0 Å². The van der Waals surface area contributed by atoms with E-state index in [9.17, 15) is 0 Å². The molecule has 0 spiro atoms. The summed E-state index contributed by atoms with van der Waals surface area (Å²) < 4.78 is 0. The van der Waals surface area contributed by atoms with Crippen LogP contribution in [0.5, 0.6) is 0 Å². The Balaban J connectivity index is 2.38. The molecule has 2 rings (SSSR count). The van der Waals surface area contributed by atoms with Gasteiger partial charge in [-0.25, -0.2) is 0 Å². The Morgan fingerprint density at radius 1 is 1.24 bits per heavy atom. The second kappa shape index (κ2) is 6.94. The Hall–Kier alpha value is -2.28. The van der Waals surface area contributed by atoms with Gasteiger partial charge in [-0.2, -0.15) is 0 Å². The van der Waals surface area contributed by atoms with Gasteiger partial charge in [-0.3, -0.25) is 0 Å². The minimum atomic E-state index is 0.538. The highest BCUT2D eigenvalue weighted by Crippen LogP contribution is 2.26. The van der Waals surface area contributed by atoms with Crippen molar-refractivity contribution in [3.63, 3.8) is 0 Å². The maximum atomic E-state index is 3.91. The Kier molecular flexibility index (Phi) is 4.99. The molecular weight excluding hydrogens is 254 g/mol. The van der Waals surface area contributed by atoms with Crippen LogP contribution in [0.25, 0.3) is 16.8 Å². The van der Waals surface area contributed by atoms with Crippen molar-refractivity contribution < 1.29 is 0 Å².